The Kier molecular flexibility index (Phi) is 5.27. The second kappa shape index (κ2) is 7.08. The molecule has 0 spiro atoms. The van der Waals surface area contributed by atoms with Crippen LogP contribution in [0.1, 0.15) is 0 Å². The number of hydrogen-bond donors (Lipinski definition) is 0. The van der Waals surface area contributed by atoms with Crippen LogP contribution in [0.4, 0.5) is 52.7 Å². The fraction of sp³-hybridized carbons (Fsp3) is 0.375. The van der Waals surface area contributed by atoms with E-state index in [0.717, 1.165) is 0 Å². The van der Waals surface area contributed by atoms with Crippen molar-refractivity contribution in [3.8, 4) is 0 Å². The number of benzene rings is 1. The molecule has 1 aromatic carbocycles. The number of aromatic nitrogens is 2. The molecule has 18 heteroatoms. The van der Waals surface area contributed by atoms with Gasteiger partial charge in [0.15, 0.2) is 11.6 Å². The van der Waals surface area contributed by atoms with Gasteiger partial charge >= 0.3 is 24.2 Å². The monoisotopic (exact) mass is 516 g/mol. The first-order valence-electron chi connectivity index (χ1n) is 8.32. The van der Waals surface area contributed by atoms with Gasteiger partial charge in [0.2, 0.25) is 0 Å². The number of halogens is 12. The third kappa shape index (κ3) is 3.37. The SMILES string of the molecule is O=c1c2c(F)c3c(=O)n(CC(F)(F)C(F)(F)F)c(=O)c3c(F)c2c(=O)n1CC(F)(F)C(F)(F)F. The van der Waals surface area contributed by atoms with Crippen molar-refractivity contribution < 1.29 is 52.7 Å². The van der Waals surface area contributed by atoms with E-state index in [1.165, 1.54) is 0 Å². The largest absolute Gasteiger partial charge is 0.455 e. The van der Waals surface area contributed by atoms with Gasteiger partial charge in [0, 0.05) is 0 Å². The van der Waals surface area contributed by atoms with Gasteiger partial charge in [-0.1, -0.05) is 0 Å². The van der Waals surface area contributed by atoms with Gasteiger partial charge in [0.1, 0.15) is 13.1 Å². The minimum atomic E-state index is -6.32. The molecule has 0 radical (unpaired) electrons. The molecule has 0 saturated heterocycles. The van der Waals surface area contributed by atoms with Gasteiger partial charge in [0.25, 0.3) is 22.2 Å². The Hall–Kier alpha value is -3.34. The Morgan fingerprint density at radius 1 is 0.471 bits per heavy atom. The molecule has 0 amide bonds. The van der Waals surface area contributed by atoms with Crippen molar-refractivity contribution in [2.75, 3.05) is 0 Å². The van der Waals surface area contributed by atoms with Crippen molar-refractivity contribution >= 4 is 21.5 Å². The zero-order valence-corrected chi connectivity index (χ0v) is 15.5. The van der Waals surface area contributed by atoms with E-state index in [-0.39, 0.29) is 0 Å². The summed E-state index contributed by atoms with van der Waals surface area (Å²) < 4.78 is 155. The fourth-order valence-electron chi connectivity index (χ4n) is 3.08. The van der Waals surface area contributed by atoms with E-state index < -0.39 is 102 Å². The molecule has 2 aromatic heterocycles. The molecule has 6 nitrogen and oxygen atoms in total. The fourth-order valence-corrected chi connectivity index (χ4v) is 3.08. The van der Waals surface area contributed by atoms with Gasteiger partial charge in [-0.3, -0.25) is 28.3 Å². The normalized spacial score (nSPS) is 14.0. The lowest BCUT2D eigenvalue weighted by Gasteiger charge is -2.19. The molecule has 0 aliphatic carbocycles. The number of nitrogens with zero attached hydrogens (tertiary/aromatic N) is 2. The van der Waals surface area contributed by atoms with Gasteiger partial charge in [-0.15, -0.1) is 0 Å². The quantitative estimate of drug-likeness (QED) is 0.500. The Bertz CT molecular complexity index is 1340. The molecule has 0 atom stereocenters. The Morgan fingerprint density at radius 3 is 0.853 bits per heavy atom. The van der Waals surface area contributed by atoms with Crippen LogP contribution in [-0.2, 0) is 13.1 Å². The van der Waals surface area contributed by atoms with Crippen LogP contribution in [0, 0.1) is 11.6 Å². The van der Waals surface area contributed by atoms with E-state index in [9.17, 15) is 71.9 Å². The zero-order chi connectivity index (χ0) is 26.3. The number of hydrogen-bond acceptors (Lipinski definition) is 4. The standard InChI is InChI=1S/C16H4F12N2O4/c17-7-3-4(10(32)29(9(3)31)1-13(19,20)15(23,24)25)8(18)6-5(7)11(33)30(12(6)34)2-14(21,22)16(26,27)28/h1-2H2. The molecule has 0 saturated carbocycles. The van der Waals surface area contributed by atoms with Gasteiger partial charge in [-0.25, -0.2) is 8.78 Å². The third-order valence-corrected chi connectivity index (χ3v) is 4.76. The number of alkyl halides is 10. The lowest BCUT2D eigenvalue weighted by molar-refractivity contribution is -0.287. The van der Waals surface area contributed by atoms with Crippen molar-refractivity contribution in [1.82, 2.24) is 9.13 Å². The van der Waals surface area contributed by atoms with Crippen LogP contribution in [0.5, 0.6) is 0 Å². The Labute approximate surface area is 174 Å². The smallest absolute Gasteiger partial charge is 0.268 e. The molecule has 186 valence electrons. The molecule has 0 bridgehead atoms. The molecule has 0 fully saturated rings. The molecule has 0 aliphatic rings. The molecule has 0 unspecified atom stereocenters. The lowest BCUT2D eigenvalue weighted by Crippen LogP contribution is -2.45. The van der Waals surface area contributed by atoms with Gasteiger partial charge < -0.3 is 0 Å². The summed E-state index contributed by atoms with van der Waals surface area (Å²) in [6.45, 7) is -5.50. The number of fused-ring (bicyclic) bond motifs is 2. The topological polar surface area (TPSA) is 78.1 Å². The highest BCUT2D eigenvalue weighted by molar-refractivity contribution is 5.99. The molecule has 3 aromatic rings. The average Bonchev–Trinajstić information content (AvgIpc) is 3.04. The highest BCUT2D eigenvalue weighted by Gasteiger charge is 2.59. The van der Waals surface area contributed by atoms with E-state index in [4.69, 9.17) is 0 Å². The Balaban J connectivity index is 2.40. The number of rotatable bonds is 4. The summed E-state index contributed by atoms with van der Waals surface area (Å²) in [4.78, 5) is 48.5. The maximum absolute atomic E-state index is 14.8. The van der Waals surface area contributed by atoms with Crippen molar-refractivity contribution in [2.24, 2.45) is 0 Å². The summed E-state index contributed by atoms with van der Waals surface area (Å²) in [7, 11) is 0. The maximum atomic E-state index is 14.8. The molecular formula is C16H4F12N2O4. The van der Waals surface area contributed by atoms with Gasteiger partial charge in [-0.2, -0.15) is 43.9 Å². The summed E-state index contributed by atoms with van der Waals surface area (Å²) >= 11 is 0. The van der Waals surface area contributed by atoms with Crippen LogP contribution in [0.15, 0.2) is 19.2 Å². The summed E-state index contributed by atoms with van der Waals surface area (Å²) in [5.74, 6) is -16.2. The maximum Gasteiger partial charge on any atom is 0.455 e. The summed E-state index contributed by atoms with van der Waals surface area (Å²) in [5.41, 5.74) is -9.21. The summed E-state index contributed by atoms with van der Waals surface area (Å²) in [6.07, 6.45) is -12.6. The average molecular weight is 516 g/mol. The second-order valence-electron chi connectivity index (χ2n) is 6.93. The van der Waals surface area contributed by atoms with Gasteiger partial charge in [-0.05, 0) is 0 Å². The van der Waals surface area contributed by atoms with E-state index in [0.29, 0.717) is 0 Å². The second-order valence-corrected chi connectivity index (χ2v) is 6.93. The first-order chi connectivity index (χ1) is 15.2. The molecular weight excluding hydrogens is 512 g/mol. The summed E-state index contributed by atoms with van der Waals surface area (Å²) in [6, 6.07) is 0. The van der Waals surface area contributed by atoms with Crippen molar-refractivity contribution in [2.45, 2.75) is 37.3 Å². The minimum absolute atomic E-state index is 0.927. The van der Waals surface area contributed by atoms with E-state index in [1.807, 2.05) is 0 Å². The van der Waals surface area contributed by atoms with E-state index in [1.54, 1.807) is 0 Å². The molecule has 0 N–H and O–H groups in total. The highest BCUT2D eigenvalue weighted by atomic mass is 19.4. The summed E-state index contributed by atoms with van der Waals surface area (Å²) in [5, 5.41) is -7.54. The predicted molar refractivity (Wildman–Crippen MR) is 86.8 cm³/mol. The minimum Gasteiger partial charge on any atom is -0.268 e. The molecule has 0 aliphatic heterocycles. The predicted octanol–water partition coefficient (Wildman–Crippen LogP) is 2.59. The molecule has 2 heterocycles. The van der Waals surface area contributed by atoms with Crippen LogP contribution in [-0.4, -0.2) is 33.3 Å². The molecule has 3 rings (SSSR count). The zero-order valence-electron chi connectivity index (χ0n) is 15.5. The van der Waals surface area contributed by atoms with Crippen LogP contribution >= 0.6 is 0 Å². The first-order valence-corrected chi connectivity index (χ1v) is 8.32. The van der Waals surface area contributed by atoms with Crippen molar-refractivity contribution in [3.05, 3.63) is 53.0 Å². The lowest BCUT2D eigenvalue weighted by atomic mass is 10.1. The van der Waals surface area contributed by atoms with Crippen LogP contribution in [0.25, 0.3) is 21.5 Å². The van der Waals surface area contributed by atoms with Crippen LogP contribution < -0.4 is 22.2 Å². The first kappa shape index (κ1) is 25.3. The highest BCUT2D eigenvalue weighted by Crippen LogP contribution is 2.37. The van der Waals surface area contributed by atoms with Gasteiger partial charge in [0.05, 0.1) is 21.5 Å². The van der Waals surface area contributed by atoms with Crippen molar-refractivity contribution in [3.63, 3.8) is 0 Å². The van der Waals surface area contributed by atoms with Crippen LogP contribution in [0.3, 0.4) is 0 Å². The molecule has 34 heavy (non-hydrogen) atoms. The Morgan fingerprint density at radius 2 is 0.676 bits per heavy atom. The third-order valence-electron chi connectivity index (χ3n) is 4.76. The van der Waals surface area contributed by atoms with E-state index in [2.05, 4.69) is 0 Å². The van der Waals surface area contributed by atoms with E-state index >= 15 is 0 Å². The van der Waals surface area contributed by atoms with Crippen LogP contribution in [0.2, 0.25) is 0 Å². The van der Waals surface area contributed by atoms with Crippen molar-refractivity contribution in [1.29, 1.82) is 0 Å².